The molecule has 2 atom stereocenters. The van der Waals surface area contributed by atoms with E-state index in [1.807, 2.05) is 6.92 Å². The second-order valence-corrected chi connectivity index (χ2v) is 3.83. The zero-order valence-electron chi connectivity index (χ0n) is 9.79. The molecule has 0 radical (unpaired) electrons. The van der Waals surface area contributed by atoms with Crippen molar-refractivity contribution < 1.29 is 9.59 Å². The smallest absolute Gasteiger partial charge is 0.213 e. The van der Waals surface area contributed by atoms with Gasteiger partial charge in [0.2, 0.25) is 6.04 Å². The van der Waals surface area contributed by atoms with Crippen LogP contribution in [0.3, 0.4) is 0 Å². The van der Waals surface area contributed by atoms with Crippen molar-refractivity contribution in [1.82, 2.24) is 4.98 Å². The highest BCUT2D eigenvalue weighted by Crippen LogP contribution is 2.13. The minimum absolute atomic E-state index is 0.230. The first-order valence-corrected chi connectivity index (χ1v) is 5.42. The fourth-order valence-corrected chi connectivity index (χ4v) is 1.37. The largest absolute Gasteiger partial charge is 0.296 e. The number of carbonyl (C=O) groups excluding carboxylic acids is 2. The lowest BCUT2D eigenvalue weighted by molar-refractivity contribution is -0.122. The van der Waals surface area contributed by atoms with Crippen molar-refractivity contribution in [2.24, 2.45) is 11.1 Å². The van der Waals surface area contributed by atoms with Gasteiger partial charge in [-0.25, -0.2) is 0 Å². The Morgan fingerprint density at radius 2 is 2.18 bits per heavy atom. The molecule has 90 valence electrons. The van der Waals surface area contributed by atoms with E-state index < -0.39 is 17.6 Å². The molecule has 0 bridgehead atoms. The average molecular weight is 234 g/mol. The van der Waals surface area contributed by atoms with Crippen molar-refractivity contribution in [1.29, 1.82) is 0 Å². The third-order valence-corrected chi connectivity index (χ3v) is 2.67. The SMILES string of the molecule is CCC(C)C(=O)C(N=O)C(=O)c1cccnc1. The van der Waals surface area contributed by atoms with Crippen LogP contribution in [0.1, 0.15) is 30.6 Å². The van der Waals surface area contributed by atoms with Gasteiger partial charge in [-0.3, -0.25) is 14.6 Å². The number of hydrogen-bond acceptors (Lipinski definition) is 5. The molecule has 0 aromatic carbocycles. The Hall–Kier alpha value is -1.91. The van der Waals surface area contributed by atoms with Crippen molar-refractivity contribution in [3.8, 4) is 0 Å². The highest BCUT2D eigenvalue weighted by atomic mass is 16.3. The maximum atomic E-state index is 11.9. The number of aromatic nitrogens is 1. The van der Waals surface area contributed by atoms with Gasteiger partial charge in [0.15, 0.2) is 11.6 Å². The molecule has 1 rings (SSSR count). The quantitative estimate of drug-likeness (QED) is 0.428. The summed E-state index contributed by atoms with van der Waals surface area (Å²) in [7, 11) is 0. The first kappa shape index (κ1) is 13.2. The Balaban J connectivity index is 2.93. The first-order chi connectivity index (χ1) is 8.11. The Labute approximate surface area is 99.2 Å². The van der Waals surface area contributed by atoms with Crippen LogP contribution in [0.25, 0.3) is 0 Å². The zero-order chi connectivity index (χ0) is 12.8. The van der Waals surface area contributed by atoms with Gasteiger partial charge >= 0.3 is 0 Å². The zero-order valence-corrected chi connectivity index (χ0v) is 9.79. The van der Waals surface area contributed by atoms with Crippen LogP contribution in [0.15, 0.2) is 29.7 Å². The molecule has 5 nitrogen and oxygen atoms in total. The number of rotatable bonds is 6. The predicted octanol–water partition coefficient (Wildman–Crippen LogP) is 2.01. The molecule has 5 heteroatoms. The average Bonchev–Trinajstić information content (AvgIpc) is 2.39. The molecule has 0 saturated carbocycles. The Morgan fingerprint density at radius 1 is 1.47 bits per heavy atom. The van der Waals surface area contributed by atoms with Crippen LogP contribution < -0.4 is 0 Å². The van der Waals surface area contributed by atoms with Crippen LogP contribution in [0.2, 0.25) is 0 Å². The standard InChI is InChI=1S/C12H14N2O3/c1-3-8(2)11(15)10(14-17)12(16)9-5-4-6-13-7-9/h4-8,10H,3H2,1-2H3. The van der Waals surface area contributed by atoms with Crippen LogP contribution in [-0.4, -0.2) is 22.6 Å². The lowest BCUT2D eigenvalue weighted by Crippen LogP contribution is -2.32. The van der Waals surface area contributed by atoms with Crippen molar-refractivity contribution in [2.45, 2.75) is 26.3 Å². The van der Waals surface area contributed by atoms with E-state index in [9.17, 15) is 14.5 Å². The van der Waals surface area contributed by atoms with E-state index in [4.69, 9.17) is 0 Å². The third-order valence-electron chi connectivity index (χ3n) is 2.67. The molecule has 1 heterocycles. The summed E-state index contributed by atoms with van der Waals surface area (Å²) in [5.74, 6) is -1.37. The van der Waals surface area contributed by atoms with Crippen LogP contribution in [0.5, 0.6) is 0 Å². The molecule has 0 aliphatic heterocycles. The Kier molecular flexibility index (Phi) is 4.63. The fourth-order valence-electron chi connectivity index (χ4n) is 1.37. The maximum Gasteiger partial charge on any atom is 0.213 e. The number of hydrogen-bond donors (Lipinski definition) is 0. The molecule has 2 unspecified atom stereocenters. The van der Waals surface area contributed by atoms with Gasteiger partial charge in [-0.2, -0.15) is 0 Å². The van der Waals surface area contributed by atoms with Gasteiger partial charge in [-0.1, -0.05) is 19.0 Å². The molecule has 0 aliphatic rings. The topological polar surface area (TPSA) is 76.5 Å². The summed E-state index contributed by atoms with van der Waals surface area (Å²) in [5.41, 5.74) is 0.230. The Morgan fingerprint density at radius 3 is 2.65 bits per heavy atom. The fraction of sp³-hybridized carbons (Fsp3) is 0.417. The summed E-state index contributed by atoms with van der Waals surface area (Å²) >= 11 is 0. The second kappa shape index (κ2) is 5.98. The van der Waals surface area contributed by atoms with Crippen LogP contribution >= 0.6 is 0 Å². The molecule has 0 saturated heterocycles. The van der Waals surface area contributed by atoms with Gasteiger partial charge in [-0.15, -0.1) is 4.91 Å². The van der Waals surface area contributed by atoms with Crippen molar-refractivity contribution >= 4 is 11.6 Å². The number of Topliss-reactive ketones (excluding diaryl/α,β-unsaturated/α-hetero) is 2. The Bertz CT molecular complexity index is 417. The molecule has 0 aliphatic carbocycles. The maximum absolute atomic E-state index is 11.9. The van der Waals surface area contributed by atoms with Gasteiger partial charge in [0.1, 0.15) is 0 Å². The van der Waals surface area contributed by atoms with E-state index in [1.54, 1.807) is 13.0 Å². The lowest BCUT2D eigenvalue weighted by atomic mass is 9.93. The minimum atomic E-state index is -1.45. The number of nitrogens with zero attached hydrogens (tertiary/aromatic N) is 2. The second-order valence-electron chi connectivity index (χ2n) is 3.83. The third kappa shape index (κ3) is 3.03. The number of pyridine rings is 1. The molecular formula is C12H14N2O3. The molecule has 17 heavy (non-hydrogen) atoms. The van der Waals surface area contributed by atoms with E-state index in [0.29, 0.717) is 6.42 Å². The number of carbonyl (C=O) groups is 2. The molecular weight excluding hydrogens is 220 g/mol. The molecule has 1 aromatic rings. The molecule has 0 spiro atoms. The van der Waals surface area contributed by atoms with Gasteiger partial charge in [0, 0.05) is 23.9 Å². The highest BCUT2D eigenvalue weighted by molar-refractivity contribution is 6.14. The summed E-state index contributed by atoms with van der Waals surface area (Å²) in [6.45, 7) is 3.50. The molecule has 0 N–H and O–H groups in total. The van der Waals surface area contributed by atoms with E-state index in [1.165, 1.54) is 18.5 Å². The lowest BCUT2D eigenvalue weighted by Gasteiger charge is -2.11. The summed E-state index contributed by atoms with van der Waals surface area (Å²) < 4.78 is 0. The van der Waals surface area contributed by atoms with Crippen molar-refractivity contribution in [3.63, 3.8) is 0 Å². The van der Waals surface area contributed by atoms with Gasteiger partial charge < -0.3 is 0 Å². The predicted molar refractivity (Wildman–Crippen MR) is 62.6 cm³/mol. The van der Waals surface area contributed by atoms with Gasteiger partial charge in [0.25, 0.3) is 0 Å². The van der Waals surface area contributed by atoms with Crippen LogP contribution in [0, 0.1) is 10.8 Å². The summed E-state index contributed by atoms with van der Waals surface area (Å²) in [6.07, 6.45) is 3.41. The molecule has 0 amide bonds. The number of nitroso groups, excluding NO2 is 1. The molecule has 0 fully saturated rings. The van der Waals surface area contributed by atoms with Crippen LogP contribution in [0.4, 0.5) is 0 Å². The van der Waals surface area contributed by atoms with Crippen molar-refractivity contribution in [2.75, 3.05) is 0 Å². The van der Waals surface area contributed by atoms with E-state index in [-0.39, 0.29) is 11.5 Å². The summed E-state index contributed by atoms with van der Waals surface area (Å²) in [6, 6.07) is 1.63. The summed E-state index contributed by atoms with van der Waals surface area (Å²) in [5, 5.41) is 2.66. The minimum Gasteiger partial charge on any atom is -0.296 e. The van der Waals surface area contributed by atoms with Gasteiger partial charge in [-0.05, 0) is 18.6 Å². The normalized spacial score (nSPS) is 13.8. The van der Waals surface area contributed by atoms with Crippen LogP contribution in [-0.2, 0) is 4.79 Å². The van der Waals surface area contributed by atoms with E-state index in [2.05, 4.69) is 10.2 Å². The first-order valence-electron chi connectivity index (χ1n) is 5.42. The molecule has 1 aromatic heterocycles. The van der Waals surface area contributed by atoms with E-state index >= 15 is 0 Å². The van der Waals surface area contributed by atoms with Gasteiger partial charge in [0.05, 0.1) is 0 Å². The van der Waals surface area contributed by atoms with Crippen molar-refractivity contribution in [3.05, 3.63) is 35.0 Å². The highest BCUT2D eigenvalue weighted by Gasteiger charge is 2.31. The summed E-state index contributed by atoms with van der Waals surface area (Å²) in [4.78, 5) is 38.1. The van der Waals surface area contributed by atoms with E-state index in [0.717, 1.165) is 0 Å². The number of ketones is 2. The monoisotopic (exact) mass is 234 g/mol.